The Hall–Kier alpha value is -2.33. The monoisotopic (exact) mass is 286 g/mol. The summed E-state index contributed by atoms with van der Waals surface area (Å²) in [7, 11) is 0. The van der Waals surface area contributed by atoms with Crippen molar-refractivity contribution in [2.24, 2.45) is 0 Å². The lowest BCUT2D eigenvalue weighted by molar-refractivity contribution is -0.0334. The van der Waals surface area contributed by atoms with E-state index in [4.69, 9.17) is 9.47 Å². The summed E-state index contributed by atoms with van der Waals surface area (Å²) in [5.74, 6) is 0. The first kappa shape index (κ1) is 15.1. The second-order valence-electron chi connectivity index (χ2n) is 4.49. The van der Waals surface area contributed by atoms with Crippen LogP contribution >= 0.6 is 0 Å². The highest BCUT2D eigenvalue weighted by atomic mass is 16.7. The summed E-state index contributed by atoms with van der Waals surface area (Å²) >= 11 is 0. The number of hydrogen-bond acceptors (Lipinski definition) is 4. The Balaban J connectivity index is 2.25. The summed E-state index contributed by atoms with van der Waals surface area (Å²) in [5, 5.41) is 10.5. The number of aliphatic hydroxyl groups excluding tert-OH is 1. The fourth-order valence-corrected chi connectivity index (χ4v) is 2.04. The van der Waals surface area contributed by atoms with Crippen LogP contribution in [0.5, 0.6) is 0 Å². The summed E-state index contributed by atoms with van der Waals surface area (Å²) in [4.78, 5) is 11.6. The molecule has 0 fully saturated rings. The minimum Gasteiger partial charge on any atom is -0.435 e. The van der Waals surface area contributed by atoms with Gasteiger partial charge < -0.3 is 14.6 Å². The van der Waals surface area contributed by atoms with Crippen molar-refractivity contribution < 1.29 is 19.4 Å². The maximum atomic E-state index is 11.6. The van der Waals surface area contributed by atoms with Gasteiger partial charge in [0.15, 0.2) is 6.10 Å². The molecule has 0 radical (unpaired) electrons. The normalized spacial score (nSPS) is 13.2. The Morgan fingerprint density at radius 2 is 1.52 bits per heavy atom. The van der Waals surface area contributed by atoms with Gasteiger partial charge in [-0.15, -0.1) is 0 Å². The molecule has 0 aliphatic carbocycles. The first-order chi connectivity index (χ1) is 10.2. The van der Waals surface area contributed by atoms with Gasteiger partial charge in [-0.05, 0) is 18.1 Å². The van der Waals surface area contributed by atoms with E-state index in [-0.39, 0.29) is 6.61 Å². The van der Waals surface area contributed by atoms with E-state index >= 15 is 0 Å². The van der Waals surface area contributed by atoms with Crippen LogP contribution in [0.4, 0.5) is 4.79 Å². The zero-order chi connectivity index (χ0) is 15.1. The standard InChI is InChI=1S/C17H18O4/c1-2-20-17(19)21-16(14-11-7-4-8-12-14)15(18)13-9-5-3-6-10-13/h3-12,15-16,18H,2H2,1H3. The van der Waals surface area contributed by atoms with Crippen molar-refractivity contribution in [2.45, 2.75) is 19.1 Å². The van der Waals surface area contributed by atoms with Crippen molar-refractivity contribution in [3.63, 3.8) is 0 Å². The van der Waals surface area contributed by atoms with E-state index in [0.29, 0.717) is 11.1 Å². The first-order valence-corrected chi connectivity index (χ1v) is 6.83. The Morgan fingerprint density at radius 1 is 1.00 bits per heavy atom. The van der Waals surface area contributed by atoms with Crippen LogP contribution in [0.15, 0.2) is 60.7 Å². The van der Waals surface area contributed by atoms with Gasteiger partial charge in [-0.25, -0.2) is 4.79 Å². The molecule has 2 atom stereocenters. The molecule has 0 spiro atoms. The molecule has 0 aliphatic rings. The van der Waals surface area contributed by atoms with Crippen molar-refractivity contribution in [1.82, 2.24) is 0 Å². The number of ether oxygens (including phenoxy) is 2. The molecule has 0 saturated heterocycles. The van der Waals surface area contributed by atoms with E-state index in [1.807, 2.05) is 36.4 Å². The largest absolute Gasteiger partial charge is 0.508 e. The molecule has 110 valence electrons. The van der Waals surface area contributed by atoms with E-state index in [0.717, 1.165) is 0 Å². The number of carbonyl (C=O) groups excluding carboxylic acids is 1. The number of rotatable bonds is 5. The smallest absolute Gasteiger partial charge is 0.435 e. The van der Waals surface area contributed by atoms with Crippen molar-refractivity contribution in [3.05, 3.63) is 71.8 Å². The van der Waals surface area contributed by atoms with Gasteiger partial charge in [-0.1, -0.05) is 60.7 Å². The topological polar surface area (TPSA) is 55.8 Å². The van der Waals surface area contributed by atoms with E-state index in [1.165, 1.54) is 0 Å². The fourth-order valence-electron chi connectivity index (χ4n) is 2.04. The predicted molar refractivity (Wildman–Crippen MR) is 78.7 cm³/mol. The van der Waals surface area contributed by atoms with Gasteiger partial charge in [0.25, 0.3) is 0 Å². The molecule has 0 heterocycles. The highest BCUT2D eigenvalue weighted by molar-refractivity contribution is 5.60. The lowest BCUT2D eigenvalue weighted by Crippen LogP contribution is -2.19. The lowest BCUT2D eigenvalue weighted by Gasteiger charge is -2.23. The number of benzene rings is 2. The lowest BCUT2D eigenvalue weighted by atomic mass is 9.98. The second-order valence-corrected chi connectivity index (χ2v) is 4.49. The summed E-state index contributed by atoms with van der Waals surface area (Å²) in [6.07, 6.45) is -2.56. The third-order valence-electron chi connectivity index (χ3n) is 3.04. The number of carbonyl (C=O) groups is 1. The summed E-state index contributed by atoms with van der Waals surface area (Å²) < 4.78 is 10.1. The average molecular weight is 286 g/mol. The summed E-state index contributed by atoms with van der Waals surface area (Å²) in [6.45, 7) is 1.92. The van der Waals surface area contributed by atoms with Crippen molar-refractivity contribution in [2.75, 3.05) is 6.61 Å². The molecule has 0 saturated carbocycles. The van der Waals surface area contributed by atoms with Crippen molar-refractivity contribution >= 4 is 6.16 Å². The molecule has 0 bridgehead atoms. The molecule has 0 aromatic heterocycles. The fraction of sp³-hybridized carbons (Fsp3) is 0.235. The molecule has 0 aliphatic heterocycles. The molecule has 4 heteroatoms. The minimum atomic E-state index is -0.960. The number of aliphatic hydroxyl groups is 1. The zero-order valence-corrected chi connectivity index (χ0v) is 11.8. The van der Waals surface area contributed by atoms with E-state index in [1.54, 1.807) is 31.2 Å². The molecule has 21 heavy (non-hydrogen) atoms. The molecular weight excluding hydrogens is 268 g/mol. The van der Waals surface area contributed by atoms with Crippen LogP contribution < -0.4 is 0 Å². The Morgan fingerprint density at radius 3 is 2.05 bits per heavy atom. The molecule has 2 aromatic carbocycles. The first-order valence-electron chi connectivity index (χ1n) is 6.83. The van der Waals surface area contributed by atoms with Gasteiger partial charge in [0.1, 0.15) is 6.10 Å². The molecule has 2 rings (SSSR count). The predicted octanol–water partition coefficient (Wildman–Crippen LogP) is 3.63. The van der Waals surface area contributed by atoms with Crippen molar-refractivity contribution in [3.8, 4) is 0 Å². The van der Waals surface area contributed by atoms with Crippen LogP contribution in [0.25, 0.3) is 0 Å². The zero-order valence-electron chi connectivity index (χ0n) is 11.8. The highest BCUT2D eigenvalue weighted by Gasteiger charge is 2.27. The molecule has 1 N–H and O–H groups in total. The van der Waals surface area contributed by atoms with Gasteiger partial charge in [0.05, 0.1) is 6.61 Å². The average Bonchev–Trinajstić information content (AvgIpc) is 2.54. The van der Waals surface area contributed by atoms with Gasteiger partial charge in [0, 0.05) is 0 Å². The maximum Gasteiger partial charge on any atom is 0.508 e. The summed E-state index contributed by atoms with van der Waals surface area (Å²) in [5.41, 5.74) is 1.39. The van der Waals surface area contributed by atoms with Gasteiger partial charge in [0.2, 0.25) is 0 Å². The molecule has 4 nitrogen and oxygen atoms in total. The Kier molecular flexibility index (Phi) is 5.35. The van der Waals surface area contributed by atoms with Crippen LogP contribution in [0.1, 0.15) is 30.3 Å². The van der Waals surface area contributed by atoms with Gasteiger partial charge >= 0.3 is 6.16 Å². The third-order valence-corrected chi connectivity index (χ3v) is 3.04. The van der Waals surface area contributed by atoms with Crippen LogP contribution in [-0.4, -0.2) is 17.9 Å². The SMILES string of the molecule is CCOC(=O)OC(c1ccccc1)C(O)c1ccccc1. The Bertz CT molecular complexity index is 554. The number of hydrogen-bond donors (Lipinski definition) is 1. The van der Waals surface area contributed by atoms with E-state index in [9.17, 15) is 9.90 Å². The van der Waals surface area contributed by atoms with Crippen LogP contribution in [-0.2, 0) is 9.47 Å². The molecule has 2 aromatic rings. The van der Waals surface area contributed by atoms with Crippen LogP contribution in [0.2, 0.25) is 0 Å². The Labute approximate surface area is 123 Å². The summed E-state index contributed by atoms with van der Waals surface area (Å²) in [6, 6.07) is 18.2. The molecule has 0 amide bonds. The van der Waals surface area contributed by atoms with Gasteiger partial charge in [-0.2, -0.15) is 0 Å². The van der Waals surface area contributed by atoms with Crippen LogP contribution in [0, 0.1) is 0 Å². The molecular formula is C17H18O4. The van der Waals surface area contributed by atoms with Crippen LogP contribution in [0.3, 0.4) is 0 Å². The third kappa shape index (κ3) is 4.07. The highest BCUT2D eigenvalue weighted by Crippen LogP contribution is 2.32. The van der Waals surface area contributed by atoms with E-state index in [2.05, 4.69) is 0 Å². The quantitative estimate of drug-likeness (QED) is 0.853. The van der Waals surface area contributed by atoms with E-state index < -0.39 is 18.4 Å². The maximum absolute atomic E-state index is 11.6. The second kappa shape index (κ2) is 7.45. The van der Waals surface area contributed by atoms with Gasteiger partial charge in [-0.3, -0.25) is 0 Å². The molecule has 2 unspecified atom stereocenters. The minimum absolute atomic E-state index is 0.224. The van der Waals surface area contributed by atoms with Crippen molar-refractivity contribution in [1.29, 1.82) is 0 Å².